The Morgan fingerprint density at radius 2 is 2.17 bits per heavy atom. The van der Waals surface area contributed by atoms with E-state index in [0.717, 1.165) is 19.3 Å². The molecule has 0 aromatic carbocycles. The van der Waals surface area contributed by atoms with E-state index in [0.29, 0.717) is 17.8 Å². The van der Waals surface area contributed by atoms with Gasteiger partial charge < -0.3 is 10.2 Å². The molecule has 3 rings (SSSR count). The van der Waals surface area contributed by atoms with Crippen LogP contribution in [0, 0.1) is 28.6 Å². The molecule has 0 aromatic rings. The zero-order valence-corrected chi connectivity index (χ0v) is 11.1. The van der Waals surface area contributed by atoms with Gasteiger partial charge >= 0.3 is 5.97 Å². The number of rotatable bonds is 2. The van der Waals surface area contributed by atoms with Crippen molar-refractivity contribution in [1.82, 2.24) is 0 Å². The smallest absolute Gasteiger partial charge is 0.309 e. The first-order chi connectivity index (χ1) is 8.40. The minimum Gasteiger partial charge on any atom is -0.481 e. The van der Waals surface area contributed by atoms with Crippen LogP contribution in [0.25, 0.3) is 0 Å². The molecule has 2 fully saturated rings. The van der Waals surface area contributed by atoms with Crippen molar-refractivity contribution in [2.24, 2.45) is 28.6 Å². The second-order valence-electron chi connectivity index (χ2n) is 7.04. The SMILES string of the molecule is CC1(C(=O)O)CC2C=C(CO)C3CCC3(C)C2C1. The zero-order valence-electron chi connectivity index (χ0n) is 11.1. The average Bonchev–Trinajstić information content (AvgIpc) is 2.64. The van der Waals surface area contributed by atoms with Crippen LogP contribution in [0.4, 0.5) is 0 Å². The van der Waals surface area contributed by atoms with Gasteiger partial charge in [-0.2, -0.15) is 0 Å². The summed E-state index contributed by atoms with van der Waals surface area (Å²) < 4.78 is 0. The second kappa shape index (κ2) is 3.60. The summed E-state index contributed by atoms with van der Waals surface area (Å²) in [5.41, 5.74) is 0.838. The summed E-state index contributed by atoms with van der Waals surface area (Å²) in [4.78, 5) is 11.5. The Kier molecular flexibility index (Phi) is 2.44. The molecule has 0 bridgehead atoms. The van der Waals surface area contributed by atoms with Crippen molar-refractivity contribution in [1.29, 1.82) is 0 Å². The number of allylic oxidation sites excluding steroid dienone is 1. The topological polar surface area (TPSA) is 57.5 Å². The molecule has 3 heteroatoms. The minimum absolute atomic E-state index is 0.146. The number of aliphatic hydroxyl groups is 1. The van der Waals surface area contributed by atoms with Crippen LogP contribution in [0.2, 0.25) is 0 Å². The van der Waals surface area contributed by atoms with Gasteiger partial charge in [0.15, 0.2) is 0 Å². The van der Waals surface area contributed by atoms with E-state index in [1.807, 2.05) is 6.92 Å². The molecule has 100 valence electrons. The molecule has 0 radical (unpaired) electrons. The highest BCUT2D eigenvalue weighted by Gasteiger charge is 2.60. The van der Waals surface area contributed by atoms with Crippen LogP contribution in [0.3, 0.4) is 0 Å². The molecule has 3 aliphatic carbocycles. The van der Waals surface area contributed by atoms with Crippen LogP contribution in [0.1, 0.15) is 39.5 Å². The molecule has 0 saturated heterocycles. The second-order valence-corrected chi connectivity index (χ2v) is 7.04. The highest BCUT2D eigenvalue weighted by Crippen LogP contribution is 2.66. The van der Waals surface area contributed by atoms with Gasteiger partial charge in [0.05, 0.1) is 12.0 Å². The van der Waals surface area contributed by atoms with Gasteiger partial charge in [0.25, 0.3) is 0 Å². The number of hydrogen-bond acceptors (Lipinski definition) is 2. The molecule has 5 atom stereocenters. The summed E-state index contributed by atoms with van der Waals surface area (Å²) in [6.07, 6.45) is 6.08. The quantitative estimate of drug-likeness (QED) is 0.740. The number of hydrogen-bond donors (Lipinski definition) is 2. The van der Waals surface area contributed by atoms with E-state index >= 15 is 0 Å². The maximum absolute atomic E-state index is 11.5. The number of carboxylic acid groups (broad SMARTS) is 1. The van der Waals surface area contributed by atoms with Gasteiger partial charge in [-0.1, -0.05) is 13.0 Å². The third-order valence-corrected chi connectivity index (χ3v) is 6.06. The molecule has 5 unspecified atom stereocenters. The van der Waals surface area contributed by atoms with Gasteiger partial charge in [-0.05, 0) is 61.3 Å². The molecular weight excluding hydrogens is 228 g/mol. The molecule has 3 nitrogen and oxygen atoms in total. The Hall–Kier alpha value is -0.830. The number of aliphatic hydroxyl groups excluding tert-OH is 1. The lowest BCUT2D eigenvalue weighted by Crippen LogP contribution is -2.49. The highest BCUT2D eigenvalue weighted by molar-refractivity contribution is 5.74. The van der Waals surface area contributed by atoms with E-state index in [4.69, 9.17) is 0 Å². The number of carbonyl (C=O) groups is 1. The first-order valence-electron chi connectivity index (χ1n) is 6.95. The van der Waals surface area contributed by atoms with Crippen molar-refractivity contribution in [3.05, 3.63) is 11.6 Å². The van der Waals surface area contributed by atoms with Gasteiger partial charge in [0.2, 0.25) is 0 Å². The van der Waals surface area contributed by atoms with E-state index in [2.05, 4.69) is 13.0 Å². The first kappa shape index (κ1) is 12.2. The monoisotopic (exact) mass is 250 g/mol. The molecule has 0 spiro atoms. The fourth-order valence-corrected chi connectivity index (χ4v) is 4.81. The summed E-state index contributed by atoms with van der Waals surface area (Å²) in [5, 5.41) is 18.9. The van der Waals surface area contributed by atoms with Crippen molar-refractivity contribution in [2.75, 3.05) is 6.61 Å². The fraction of sp³-hybridized carbons (Fsp3) is 0.800. The van der Waals surface area contributed by atoms with Gasteiger partial charge in [0.1, 0.15) is 0 Å². The highest BCUT2D eigenvalue weighted by atomic mass is 16.4. The summed E-state index contributed by atoms with van der Waals surface area (Å²) in [5.74, 6) is 0.692. The van der Waals surface area contributed by atoms with Crippen LogP contribution in [0.5, 0.6) is 0 Å². The largest absolute Gasteiger partial charge is 0.481 e. The van der Waals surface area contributed by atoms with E-state index < -0.39 is 11.4 Å². The van der Waals surface area contributed by atoms with Crippen LogP contribution < -0.4 is 0 Å². The van der Waals surface area contributed by atoms with Crippen molar-refractivity contribution in [2.45, 2.75) is 39.5 Å². The van der Waals surface area contributed by atoms with Crippen LogP contribution in [0.15, 0.2) is 11.6 Å². The first-order valence-corrected chi connectivity index (χ1v) is 6.95. The molecule has 2 saturated carbocycles. The number of fused-ring (bicyclic) bond motifs is 3. The standard InChI is InChI=1S/C15H22O3/c1-14(13(17)18)6-9-5-10(8-16)11-3-4-15(11,2)12(9)7-14/h5,9,11-12,16H,3-4,6-8H2,1-2H3,(H,17,18). The third kappa shape index (κ3) is 1.37. The normalized spacial score (nSPS) is 49.9. The summed E-state index contributed by atoms with van der Waals surface area (Å²) in [6.45, 7) is 4.33. The fourth-order valence-electron chi connectivity index (χ4n) is 4.81. The molecule has 3 aliphatic rings. The number of aliphatic carboxylic acids is 1. The Morgan fingerprint density at radius 3 is 2.67 bits per heavy atom. The van der Waals surface area contributed by atoms with Crippen molar-refractivity contribution < 1.29 is 15.0 Å². The van der Waals surface area contributed by atoms with Crippen LogP contribution in [-0.4, -0.2) is 22.8 Å². The lowest BCUT2D eigenvalue weighted by Gasteiger charge is -2.56. The zero-order chi connectivity index (χ0) is 13.1. The summed E-state index contributed by atoms with van der Waals surface area (Å²) in [6, 6.07) is 0. The molecular formula is C15H22O3. The lowest BCUT2D eigenvalue weighted by atomic mass is 9.48. The minimum atomic E-state index is -0.657. The van der Waals surface area contributed by atoms with Crippen LogP contribution in [-0.2, 0) is 4.79 Å². The Balaban J connectivity index is 1.96. The van der Waals surface area contributed by atoms with Gasteiger partial charge in [-0.3, -0.25) is 4.79 Å². The van der Waals surface area contributed by atoms with Crippen molar-refractivity contribution >= 4 is 5.97 Å². The third-order valence-electron chi connectivity index (χ3n) is 6.06. The summed E-state index contributed by atoms with van der Waals surface area (Å²) >= 11 is 0. The van der Waals surface area contributed by atoms with Crippen LogP contribution >= 0.6 is 0 Å². The van der Waals surface area contributed by atoms with Gasteiger partial charge in [0, 0.05) is 0 Å². The Bertz CT molecular complexity index is 427. The molecule has 18 heavy (non-hydrogen) atoms. The van der Waals surface area contributed by atoms with E-state index in [-0.39, 0.29) is 12.0 Å². The Labute approximate surface area is 108 Å². The van der Waals surface area contributed by atoms with Crippen molar-refractivity contribution in [3.63, 3.8) is 0 Å². The lowest BCUT2D eigenvalue weighted by molar-refractivity contribution is -0.148. The predicted octanol–water partition coefficient (Wildman–Crippen LogP) is 2.45. The Morgan fingerprint density at radius 1 is 1.44 bits per heavy atom. The predicted molar refractivity (Wildman–Crippen MR) is 68.0 cm³/mol. The average molecular weight is 250 g/mol. The van der Waals surface area contributed by atoms with E-state index in [1.54, 1.807) is 0 Å². The number of carboxylic acids is 1. The van der Waals surface area contributed by atoms with E-state index in [9.17, 15) is 15.0 Å². The molecule has 2 N–H and O–H groups in total. The van der Waals surface area contributed by atoms with Crippen molar-refractivity contribution in [3.8, 4) is 0 Å². The summed E-state index contributed by atoms with van der Waals surface area (Å²) in [7, 11) is 0. The van der Waals surface area contributed by atoms with Gasteiger partial charge in [-0.25, -0.2) is 0 Å². The molecule has 0 aliphatic heterocycles. The molecule has 0 aromatic heterocycles. The van der Waals surface area contributed by atoms with Gasteiger partial charge in [-0.15, -0.1) is 0 Å². The molecule has 0 amide bonds. The maximum Gasteiger partial charge on any atom is 0.309 e. The maximum atomic E-state index is 11.5. The van der Waals surface area contributed by atoms with E-state index in [1.165, 1.54) is 12.0 Å². The molecule has 0 heterocycles.